The minimum Gasteiger partial charge on any atom is -0.489 e. The highest BCUT2D eigenvalue weighted by molar-refractivity contribution is 8.15. The molecule has 0 heterocycles. The molecule has 0 unspecified atom stereocenters. The zero-order chi connectivity index (χ0) is 23.9. The molecule has 1 nitrogen and oxygen atoms in total. The Bertz CT molecular complexity index is 1330. The molecule has 0 saturated carbocycles. The number of ether oxygens (including phenoxy) is 1. The van der Waals surface area contributed by atoms with E-state index in [1.807, 2.05) is 36.4 Å². The summed E-state index contributed by atoms with van der Waals surface area (Å²) in [7, 11) is 0. The van der Waals surface area contributed by atoms with Gasteiger partial charge in [-0.05, 0) is 53.6 Å². The van der Waals surface area contributed by atoms with Gasteiger partial charge in [-0.25, -0.2) is 0 Å². The van der Waals surface area contributed by atoms with Gasteiger partial charge in [0.15, 0.2) is 0 Å². The van der Waals surface area contributed by atoms with Crippen LogP contribution in [0.2, 0.25) is 0 Å². The van der Waals surface area contributed by atoms with Crippen LogP contribution in [-0.2, 0) is 13.0 Å². The highest BCUT2D eigenvalue weighted by atomic mass is 35.7. The van der Waals surface area contributed by atoms with E-state index >= 15 is 0 Å². The molecule has 0 aromatic heterocycles. The molecule has 5 aromatic rings. The molecule has 5 rings (SSSR count). The van der Waals surface area contributed by atoms with Crippen LogP contribution in [0.1, 0.15) is 16.7 Å². The Morgan fingerprint density at radius 2 is 1.09 bits per heavy atom. The van der Waals surface area contributed by atoms with Crippen LogP contribution in [-0.4, -0.2) is 0 Å². The van der Waals surface area contributed by atoms with Crippen molar-refractivity contribution in [3.05, 3.63) is 156 Å². The van der Waals surface area contributed by atoms with E-state index in [9.17, 15) is 0 Å². The molecular formula is C32H27ClOP+. The molecule has 0 atom stereocenters. The molecule has 0 amide bonds. The minimum atomic E-state index is -2.32. The van der Waals surface area contributed by atoms with Crippen LogP contribution < -0.4 is 20.7 Å². The fraction of sp³-hybridized carbons (Fsp3) is 0.0625. The second-order valence-electron chi connectivity index (χ2n) is 8.49. The number of rotatable bonds is 8. The second-order valence-corrected chi connectivity index (χ2v) is 12.7. The molecular weight excluding hydrogens is 467 g/mol. The van der Waals surface area contributed by atoms with Crippen LogP contribution in [0.4, 0.5) is 0 Å². The zero-order valence-corrected chi connectivity index (χ0v) is 21.1. The number of halogens is 1. The normalized spacial score (nSPS) is 11.2. The summed E-state index contributed by atoms with van der Waals surface area (Å²) in [5, 5.41) is 3.54. The maximum Gasteiger partial charge on any atom is 0.210 e. The molecule has 0 aliphatic rings. The summed E-state index contributed by atoms with van der Waals surface area (Å²) in [5.74, 6) is 0.877. The maximum absolute atomic E-state index is 7.72. The predicted molar refractivity (Wildman–Crippen MR) is 151 cm³/mol. The third kappa shape index (κ3) is 5.33. The van der Waals surface area contributed by atoms with Gasteiger partial charge in [0.1, 0.15) is 39.5 Å². The van der Waals surface area contributed by atoms with Crippen LogP contribution in [0, 0.1) is 0 Å². The van der Waals surface area contributed by atoms with Crippen LogP contribution in [0.25, 0.3) is 0 Å². The molecule has 3 heteroatoms. The Morgan fingerprint density at radius 3 is 1.74 bits per heavy atom. The van der Waals surface area contributed by atoms with E-state index in [4.69, 9.17) is 16.0 Å². The van der Waals surface area contributed by atoms with Gasteiger partial charge in [-0.1, -0.05) is 97.1 Å². The van der Waals surface area contributed by atoms with E-state index in [2.05, 4.69) is 103 Å². The van der Waals surface area contributed by atoms with Crippen LogP contribution in [0.15, 0.2) is 140 Å². The average molecular weight is 494 g/mol. The quantitative estimate of drug-likeness (QED) is 0.206. The van der Waals surface area contributed by atoms with E-state index in [-0.39, 0.29) is 0 Å². The number of benzene rings is 5. The lowest BCUT2D eigenvalue weighted by atomic mass is 10.0. The van der Waals surface area contributed by atoms with Crippen molar-refractivity contribution in [2.75, 3.05) is 0 Å². The lowest BCUT2D eigenvalue weighted by Gasteiger charge is -2.21. The second kappa shape index (κ2) is 10.9. The summed E-state index contributed by atoms with van der Waals surface area (Å²) < 4.78 is 6.09. The lowest BCUT2D eigenvalue weighted by Crippen LogP contribution is -2.29. The van der Waals surface area contributed by atoms with Crippen molar-refractivity contribution in [3.63, 3.8) is 0 Å². The van der Waals surface area contributed by atoms with E-state index in [0.29, 0.717) is 6.61 Å². The van der Waals surface area contributed by atoms with E-state index in [0.717, 1.165) is 17.7 Å². The summed E-state index contributed by atoms with van der Waals surface area (Å²) in [6.07, 6.45) is 0.785. The Balaban J connectivity index is 1.48. The topological polar surface area (TPSA) is 9.23 Å². The van der Waals surface area contributed by atoms with E-state index < -0.39 is 6.62 Å². The van der Waals surface area contributed by atoms with E-state index in [1.165, 1.54) is 27.0 Å². The van der Waals surface area contributed by atoms with Crippen LogP contribution in [0.5, 0.6) is 5.75 Å². The van der Waals surface area contributed by atoms with Gasteiger partial charge in [-0.2, -0.15) is 0 Å². The van der Waals surface area contributed by atoms with Crippen molar-refractivity contribution in [2.24, 2.45) is 0 Å². The summed E-state index contributed by atoms with van der Waals surface area (Å²) in [6, 6.07) is 48.2. The summed E-state index contributed by atoms with van der Waals surface area (Å²) in [5.41, 5.74) is 3.60. The van der Waals surface area contributed by atoms with Gasteiger partial charge in [0, 0.05) is 12.0 Å². The van der Waals surface area contributed by atoms with Gasteiger partial charge in [0.25, 0.3) is 0 Å². The van der Waals surface area contributed by atoms with Crippen LogP contribution in [0.3, 0.4) is 0 Å². The van der Waals surface area contributed by atoms with Gasteiger partial charge in [-0.3, -0.25) is 0 Å². The van der Waals surface area contributed by atoms with E-state index in [1.54, 1.807) is 0 Å². The monoisotopic (exact) mass is 493 g/mol. The molecule has 5 aromatic carbocycles. The van der Waals surface area contributed by atoms with Crippen molar-refractivity contribution < 1.29 is 4.74 Å². The Labute approximate surface area is 213 Å². The molecule has 0 spiro atoms. The van der Waals surface area contributed by atoms with Crippen molar-refractivity contribution in [1.82, 2.24) is 0 Å². The first-order valence-electron chi connectivity index (χ1n) is 11.8. The molecule has 0 fully saturated rings. The molecule has 0 aliphatic carbocycles. The predicted octanol–water partition coefficient (Wildman–Crippen LogP) is 7.30. The highest BCUT2D eigenvalue weighted by Crippen LogP contribution is 2.61. The Kier molecular flexibility index (Phi) is 7.28. The summed E-state index contributed by atoms with van der Waals surface area (Å²) >= 11 is 7.72. The lowest BCUT2D eigenvalue weighted by molar-refractivity contribution is 0.306. The minimum absolute atomic E-state index is 0.555. The van der Waals surface area contributed by atoms with Gasteiger partial charge in [-0.15, -0.1) is 0 Å². The van der Waals surface area contributed by atoms with Crippen molar-refractivity contribution >= 4 is 33.8 Å². The molecule has 0 aliphatic heterocycles. The molecule has 0 radical (unpaired) electrons. The largest absolute Gasteiger partial charge is 0.489 e. The molecule has 0 saturated heterocycles. The maximum atomic E-state index is 7.72. The van der Waals surface area contributed by atoms with Gasteiger partial charge < -0.3 is 4.74 Å². The molecule has 0 bridgehead atoms. The average Bonchev–Trinajstić information content (AvgIpc) is 2.93. The molecule has 0 N–H and O–H groups in total. The van der Waals surface area contributed by atoms with Crippen LogP contribution >= 0.6 is 17.9 Å². The Hall–Kier alpha value is -3.38. The fourth-order valence-electron chi connectivity index (χ4n) is 4.36. The van der Waals surface area contributed by atoms with Gasteiger partial charge in [0.05, 0.1) is 0 Å². The van der Waals surface area contributed by atoms with Crippen molar-refractivity contribution in [3.8, 4) is 5.75 Å². The van der Waals surface area contributed by atoms with Gasteiger partial charge in [0.2, 0.25) is 6.62 Å². The summed E-state index contributed by atoms with van der Waals surface area (Å²) in [4.78, 5) is 0. The number of hydrogen-bond donors (Lipinski definition) is 0. The highest BCUT2D eigenvalue weighted by Gasteiger charge is 2.46. The van der Waals surface area contributed by atoms with Crippen molar-refractivity contribution in [1.29, 1.82) is 0 Å². The third-order valence-corrected chi connectivity index (χ3v) is 10.9. The Morgan fingerprint density at radius 1 is 0.543 bits per heavy atom. The number of hydrogen-bond acceptors (Lipinski definition) is 1. The first-order chi connectivity index (χ1) is 17.2. The SMILES string of the molecule is Cl[P+](c1ccccc1)(c1ccccc1)c1ccccc1Cc1cccc(OCc2ccccc2)c1. The third-order valence-electron chi connectivity index (χ3n) is 6.09. The molecule has 35 heavy (non-hydrogen) atoms. The summed E-state index contributed by atoms with van der Waals surface area (Å²) in [6.45, 7) is -1.77. The first-order valence-corrected chi connectivity index (χ1v) is 14.5. The first kappa shape index (κ1) is 23.4. The molecule has 172 valence electrons. The van der Waals surface area contributed by atoms with Crippen molar-refractivity contribution in [2.45, 2.75) is 13.0 Å². The zero-order valence-electron chi connectivity index (χ0n) is 19.4. The smallest absolute Gasteiger partial charge is 0.210 e. The standard InChI is InChI=1S/C32H27ClOP/c33-35(30-18-6-2-7-19-30,31-20-8-3-9-21-31)32-22-11-10-16-28(32)23-27-15-12-17-29(24-27)34-25-26-13-4-1-5-14-26/h1-22,24H,23,25H2/q+1. The fourth-order valence-corrected chi connectivity index (χ4v) is 8.39. The van der Waals surface area contributed by atoms with Gasteiger partial charge >= 0.3 is 0 Å².